The maximum absolute atomic E-state index is 4.69. The van der Waals surface area contributed by atoms with Gasteiger partial charge in [0.05, 0.1) is 19.3 Å². The Morgan fingerprint density at radius 2 is 2.38 bits per heavy atom. The molecule has 0 radical (unpaired) electrons. The standard InChI is InChI=1S/C5H13NOS/c1-3-4-5-6-8-7-2/h6H,3-5H2,1-2H3. The van der Waals surface area contributed by atoms with E-state index in [9.17, 15) is 0 Å². The molecule has 0 saturated heterocycles. The zero-order valence-corrected chi connectivity index (χ0v) is 6.25. The van der Waals surface area contributed by atoms with Crippen molar-refractivity contribution in [2.75, 3.05) is 13.7 Å². The summed E-state index contributed by atoms with van der Waals surface area (Å²) in [6.45, 7) is 3.20. The average molecular weight is 135 g/mol. The lowest BCUT2D eigenvalue weighted by atomic mass is 10.3. The fourth-order valence-corrected chi connectivity index (χ4v) is 0.695. The first-order valence-electron chi connectivity index (χ1n) is 2.84. The zero-order chi connectivity index (χ0) is 6.24. The first-order chi connectivity index (χ1) is 3.91. The lowest BCUT2D eigenvalue weighted by molar-refractivity contribution is 0.482. The van der Waals surface area contributed by atoms with Gasteiger partial charge in [-0.2, -0.15) is 0 Å². The Bertz CT molecular complexity index is 37.4. The summed E-state index contributed by atoms with van der Waals surface area (Å²) in [7, 11) is 1.66. The van der Waals surface area contributed by atoms with Crippen LogP contribution in [-0.2, 0) is 4.18 Å². The molecule has 0 amide bonds. The molecule has 8 heavy (non-hydrogen) atoms. The largest absolute Gasteiger partial charge is 0.305 e. The Morgan fingerprint density at radius 3 is 2.88 bits per heavy atom. The summed E-state index contributed by atoms with van der Waals surface area (Å²) < 4.78 is 7.72. The van der Waals surface area contributed by atoms with Gasteiger partial charge in [-0.05, 0) is 6.42 Å². The van der Waals surface area contributed by atoms with Crippen LogP contribution in [-0.4, -0.2) is 13.7 Å². The van der Waals surface area contributed by atoms with E-state index in [0.29, 0.717) is 0 Å². The summed E-state index contributed by atoms with van der Waals surface area (Å²) in [4.78, 5) is 0. The minimum Gasteiger partial charge on any atom is -0.305 e. The van der Waals surface area contributed by atoms with Gasteiger partial charge in [0.1, 0.15) is 0 Å². The van der Waals surface area contributed by atoms with Crippen molar-refractivity contribution in [2.45, 2.75) is 19.8 Å². The van der Waals surface area contributed by atoms with Crippen LogP contribution in [0.25, 0.3) is 0 Å². The normalized spacial score (nSPS) is 9.75. The molecule has 0 spiro atoms. The van der Waals surface area contributed by atoms with E-state index < -0.39 is 0 Å². The number of nitrogens with one attached hydrogen (secondary N) is 1. The SMILES string of the molecule is CCCCNSOC. The molecule has 0 aliphatic rings. The van der Waals surface area contributed by atoms with Crippen LogP contribution in [0.5, 0.6) is 0 Å². The second-order valence-corrected chi connectivity index (χ2v) is 2.29. The third kappa shape index (κ3) is 6.27. The summed E-state index contributed by atoms with van der Waals surface area (Å²) in [6, 6.07) is 0. The Morgan fingerprint density at radius 1 is 1.62 bits per heavy atom. The van der Waals surface area contributed by atoms with E-state index >= 15 is 0 Å². The van der Waals surface area contributed by atoms with E-state index in [1.165, 1.54) is 25.1 Å². The van der Waals surface area contributed by atoms with Gasteiger partial charge >= 0.3 is 0 Å². The quantitative estimate of drug-likeness (QED) is 0.351. The molecule has 0 saturated carbocycles. The van der Waals surface area contributed by atoms with Crippen LogP contribution in [0.4, 0.5) is 0 Å². The first-order valence-corrected chi connectivity index (χ1v) is 3.58. The lowest BCUT2D eigenvalue weighted by Gasteiger charge is -1.96. The van der Waals surface area contributed by atoms with Crippen LogP contribution in [0, 0.1) is 0 Å². The topological polar surface area (TPSA) is 21.3 Å². The molecule has 0 aliphatic heterocycles. The van der Waals surface area contributed by atoms with E-state index in [2.05, 4.69) is 11.6 Å². The van der Waals surface area contributed by atoms with E-state index in [-0.39, 0.29) is 0 Å². The highest BCUT2D eigenvalue weighted by Gasteiger charge is 1.81. The lowest BCUT2D eigenvalue weighted by Crippen LogP contribution is -2.04. The van der Waals surface area contributed by atoms with Crippen molar-refractivity contribution in [3.63, 3.8) is 0 Å². The van der Waals surface area contributed by atoms with Crippen LogP contribution < -0.4 is 4.72 Å². The van der Waals surface area contributed by atoms with Crippen molar-refractivity contribution in [1.82, 2.24) is 4.72 Å². The van der Waals surface area contributed by atoms with Crippen molar-refractivity contribution in [3.05, 3.63) is 0 Å². The highest BCUT2D eigenvalue weighted by Crippen LogP contribution is 1.92. The Labute approximate surface area is 55.3 Å². The van der Waals surface area contributed by atoms with Gasteiger partial charge in [-0.25, -0.2) is 4.72 Å². The van der Waals surface area contributed by atoms with Crippen molar-refractivity contribution in [3.8, 4) is 0 Å². The molecule has 50 valence electrons. The minimum atomic E-state index is 1.04. The maximum Gasteiger partial charge on any atom is 0.0785 e. The summed E-state index contributed by atoms with van der Waals surface area (Å²) in [5.41, 5.74) is 0. The smallest absolute Gasteiger partial charge is 0.0785 e. The maximum atomic E-state index is 4.69. The highest BCUT2D eigenvalue weighted by atomic mass is 32.2. The zero-order valence-electron chi connectivity index (χ0n) is 5.44. The van der Waals surface area contributed by atoms with Gasteiger partial charge in [-0.1, -0.05) is 13.3 Å². The molecule has 0 atom stereocenters. The van der Waals surface area contributed by atoms with E-state index in [0.717, 1.165) is 6.54 Å². The van der Waals surface area contributed by atoms with Crippen molar-refractivity contribution in [1.29, 1.82) is 0 Å². The van der Waals surface area contributed by atoms with Crippen LogP contribution in [0.1, 0.15) is 19.8 Å². The minimum absolute atomic E-state index is 1.04. The van der Waals surface area contributed by atoms with Gasteiger partial charge in [0.25, 0.3) is 0 Å². The fourth-order valence-electron chi connectivity index (χ4n) is 0.350. The molecular weight excluding hydrogens is 122 g/mol. The molecule has 0 bridgehead atoms. The third-order valence-corrected chi connectivity index (χ3v) is 1.26. The summed E-state index contributed by atoms with van der Waals surface area (Å²) in [5.74, 6) is 0. The monoisotopic (exact) mass is 135 g/mol. The Hall–Kier alpha value is 0.270. The summed E-state index contributed by atoms with van der Waals surface area (Å²) in [6.07, 6.45) is 2.45. The molecule has 2 nitrogen and oxygen atoms in total. The molecule has 0 aromatic heterocycles. The second-order valence-electron chi connectivity index (χ2n) is 1.50. The predicted molar refractivity (Wildman–Crippen MR) is 37.5 cm³/mol. The summed E-state index contributed by atoms with van der Waals surface area (Å²) in [5, 5.41) is 0. The molecule has 0 rings (SSSR count). The van der Waals surface area contributed by atoms with E-state index in [1.807, 2.05) is 0 Å². The number of rotatable bonds is 5. The van der Waals surface area contributed by atoms with Gasteiger partial charge in [0.15, 0.2) is 0 Å². The predicted octanol–water partition coefficient (Wildman–Crippen LogP) is 1.59. The fraction of sp³-hybridized carbons (Fsp3) is 1.00. The Kier molecular flexibility index (Phi) is 7.52. The molecule has 0 heterocycles. The summed E-state index contributed by atoms with van der Waals surface area (Å²) >= 11 is 1.30. The molecule has 0 aromatic carbocycles. The highest BCUT2D eigenvalue weighted by molar-refractivity contribution is 7.92. The van der Waals surface area contributed by atoms with Gasteiger partial charge in [-0.15, -0.1) is 0 Å². The molecule has 0 unspecified atom stereocenters. The average Bonchev–Trinajstić information content (AvgIpc) is 1.81. The Balaban J connectivity index is 2.53. The third-order valence-electron chi connectivity index (χ3n) is 0.775. The number of hydrogen-bond acceptors (Lipinski definition) is 3. The van der Waals surface area contributed by atoms with Gasteiger partial charge < -0.3 is 4.18 Å². The first kappa shape index (κ1) is 8.27. The van der Waals surface area contributed by atoms with Crippen LogP contribution in [0.15, 0.2) is 0 Å². The van der Waals surface area contributed by atoms with Gasteiger partial charge in [-0.3, -0.25) is 0 Å². The molecular formula is C5H13NOS. The molecule has 3 heteroatoms. The van der Waals surface area contributed by atoms with Crippen molar-refractivity contribution in [2.24, 2.45) is 0 Å². The van der Waals surface area contributed by atoms with Gasteiger partial charge in [0, 0.05) is 6.54 Å². The molecule has 0 aliphatic carbocycles. The van der Waals surface area contributed by atoms with Crippen molar-refractivity contribution < 1.29 is 4.18 Å². The van der Waals surface area contributed by atoms with E-state index in [4.69, 9.17) is 4.18 Å². The van der Waals surface area contributed by atoms with E-state index in [1.54, 1.807) is 7.11 Å². The van der Waals surface area contributed by atoms with Gasteiger partial charge in [0.2, 0.25) is 0 Å². The van der Waals surface area contributed by atoms with Crippen molar-refractivity contribution >= 4 is 12.2 Å². The van der Waals surface area contributed by atoms with Crippen LogP contribution >= 0.6 is 12.2 Å². The molecule has 0 fully saturated rings. The number of hydrogen-bond donors (Lipinski definition) is 1. The number of unbranched alkanes of at least 4 members (excludes halogenated alkanes) is 1. The molecule has 1 N–H and O–H groups in total. The molecule has 0 aromatic rings. The second kappa shape index (κ2) is 7.27. The van der Waals surface area contributed by atoms with Crippen LogP contribution in [0.3, 0.4) is 0 Å². The van der Waals surface area contributed by atoms with Crippen LogP contribution in [0.2, 0.25) is 0 Å².